The molecule has 2 N–H and O–H groups in total. The Bertz CT molecular complexity index is 601. The first-order valence-corrected chi connectivity index (χ1v) is 7.35. The van der Waals surface area contributed by atoms with Crippen LogP contribution in [0.4, 0.5) is 0 Å². The van der Waals surface area contributed by atoms with E-state index in [0.717, 1.165) is 33.9 Å². The van der Waals surface area contributed by atoms with Crippen LogP contribution in [0.3, 0.4) is 0 Å². The summed E-state index contributed by atoms with van der Waals surface area (Å²) in [6.07, 6.45) is 2.08. The van der Waals surface area contributed by atoms with Gasteiger partial charge in [0.15, 0.2) is 0 Å². The first kappa shape index (κ1) is 13.7. The van der Waals surface area contributed by atoms with Crippen LogP contribution in [-0.2, 0) is 0 Å². The summed E-state index contributed by atoms with van der Waals surface area (Å²) in [5.74, 6) is 0.436. The Labute approximate surface area is 119 Å². The van der Waals surface area contributed by atoms with Crippen LogP contribution in [0, 0.1) is 5.92 Å². The first-order valence-electron chi connectivity index (χ1n) is 6.12. The summed E-state index contributed by atoms with van der Waals surface area (Å²) in [7, 11) is 0. The number of H-pyrrole nitrogens is 2. The van der Waals surface area contributed by atoms with Crippen molar-refractivity contribution in [3.8, 4) is 0 Å². The molecule has 0 bridgehead atoms. The number of benzene rings is 1. The second kappa shape index (κ2) is 5.49. The highest BCUT2D eigenvalue weighted by Crippen LogP contribution is 2.38. The number of hydrogen-bond donors (Lipinski definition) is 2. The summed E-state index contributed by atoms with van der Waals surface area (Å²) >= 11 is 10.1. The number of halogens is 2. The Morgan fingerprint density at radius 2 is 1.78 bits per heavy atom. The lowest BCUT2D eigenvalue weighted by Gasteiger charge is -2.20. The highest BCUT2D eigenvalue weighted by atomic mass is 79.9. The molecule has 3 nitrogen and oxygen atoms in total. The zero-order chi connectivity index (χ0) is 13.3. The quantitative estimate of drug-likeness (QED) is 0.805. The Balaban J connectivity index is 2.49. The zero-order valence-corrected chi connectivity index (χ0v) is 12.7. The standard InChI is InChI=1S/C13H16BrClN2O/c1-3-7(4-2)12(15)8-5-10-11(6-9(8)14)17-13(18)16-10/h5-7,12H,3-4H2,1-2H3,(H2,16,17,18). The molecule has 2 rings (SSSR count). The summed E-state index contributed by atoms with van der Waals surface area (Å²) in [5, 5.41) is -0.0443. The van der Waals surface area contributed by atoms with E-state index in [1.165, 1.54) is 0 Å². The third-order valence-corrected chi connectivity index (χ3v) is 4.67. The Kier molecular flexibility index (Phi) is 4.17. The SMILES string of the molecule is CCC(CC)C(Cl)c1cc2[nH]c(=O)[nH]c2cc1Br. The average Bonchev–Trinajstić information content (AvgIpc) is 2.68. The first-order chi connectivity index (χ1) is 8.56. The van der Waals surface area contributed by atoms with E-state index in [1.54, 1.807) is 0 Å². The number of aromatic amines is 2. The molecule has 1 unspecified atom stereocenters. The van der Waals surface area contributed by atoms with Crippen molar-refractivity contribution in [1.29, 1.82) is 0 Å². The number of alkyl halides is 1. The predicted molar refractivity (Wildman–Crippen MR) is 79.3 cm³/mol. The second-order valence-electron chi connectivity index (χ2n) is 4.48. The molecule has 98 valence electrons. The van der Waals surface area contributed by atoms with Crippen LogP contribution in [0.15, 0.2) is 21.4 Å². The van der Waals surface area contributed by atoms with Crippen LogP contribution in [0.25, 0.3) is 11.0 Å². The monoisotopic (exact) mass is 330 g/mol. The highest BCUT2D eigenvalue weighted by molar-refractivity contribution is 9.10. The molecule has 1 heterocycles. The molecule has 0 aliphatic carbocycles. The maximum Gasteiger partial charge on any atom is 0.323 e. The van der Waals surface area contributed by atoms with E-state index in [-0.39, 0.29) is 11.1 Å². The van der Waals surface area contributed by atoms with Gasteiger partial charge in [-0.3, -0.25) is 0 Å². The lowest BCUT2D eigenvalue weighted by molar-refractivity contribution is 0.475. The Morgan fingerprint density at radius 3 is 2.33 bits per heavy atom. The van der Waals surface area contributed by atoms with Crippen LogP contribution in [-0.4, -0.2) is 9.97 Å². The molecule has 1 atom stereocenters. The largest absolute Gasteiger partial charge is 0.323 e. The minimum Gasteiger partial charge on any atom is -0.306 e. The maximum atomic E-state index is 11.3. The molecule has 18 heavy (non-hydrogen) atoms. The van der Waals surface area contributed by atoms with Gasteiger partial charge < -0.3 is 9.97 Å². The third-order valence-electron chi connectivity index (χ3n) is 3.39. The molecule has 0 aliphatic rings. The van der Waals surface area contributed by atoms with Gasteiger partial charge in [0.05, 0.1) is 16.4 Å². The second-order valence-corrected chi connectivity index (χ2v) is 5.80. The number of hydrogen-bond acceptors (Lipinski definition) is 1. The summed E-state index contributed by atoms with van der Waals surface area (Å²) in [6.45, 7) is 4.29. The van der Waals surface area contributed by atoms with Crippen molar-refractivity contribution in [3.05, 3.63) is 32.7 Å². The summed E-state index contributed by atoms with van der Waals surface area (Å²) in [5.41, 5.74) is 2.44. The molecular weight excluding hydrogens is 316 g/mol. The molecule has 5 heteroatoms. The molecule has 0 saturated heterocycles. The van der Waals surface area contributed by atoms with Crippen molar-refractivity contribution in [2.24, 2.45) is 5.92 Å². The molecule has 1 aromatic heterocycles. The van der Waals surface area contributed by atoms with E-state index in [9.17, 15) is 4.79 Å². The average molecular weight is 332 g/mol. The number of aromatic nitrogens is 2. The minimum atomic E-state index is -0.192. The van der Waals surface area contributed by atoms with Crippen molar-refractivity contribution >= 4 is 38.6 Å². The summed E-state index contributed by atoms with van der Waals surface area (Å²) in [4.78, 5) is 16.8. The lowest BCUT2D eigenvalue weighted by Crippen LogP contribution is -2.06. The van der Waals surface area contributed by atoms with Gasteiger partial charge in [0.25, 0.3) is 0 Å². The predicted octanol–water partition coefficient (Wildman–Crippen LogP) is 4.33. The van der Waals surface area contributed by atoms with Crippen molar-refractivity contribution in [1.82, 2.24) is 9.97 Å². The van der Waals surface area contributed by atoms with E-state index in [2.05, 4.69) is 39.7 Å². The van der Waals surface area contributed by atoms with Crippen molar-refractivity contribution in [2.45, 2.75) is 32.1 Å². The zero-order valence-electron chi connectivity index (χ0n) is 10.4. The van der Waals surface area contributed by atoms with Gasteiger partial charge in [-0.15, -0.1) is 11.6 Å². The topological polar surface area (TPSA) is 48.6 Å². The number of fused-ring (bicyclic) bond motifs is 1. The fourth-order valence-corrected chi connectivity index (χ4v) is 3.50. The maximum absolute atomic E-state index is 11.3. The minimum absolute atomic E-state index is 0.0443. The molecular formula is C13H16BrClN2O. The van der Waals surface area contributed by atoms with Gasteiger partial charge >= 0.3 is 5.69 Å². The van der Waals surface area contributed by atoms with Gasteiger partial charge in [-0.2, -0.15) is 0 Å². The number of imidazole rings is 1. The Hall–Kier alpha value is -0.740. The Morgan fingerprint density at radius 1 is 1.22 bits per heavy atom. The molecule has 2 aromatic rings. The molecule has 1 aromatic carbocycles. The van der Waals surface area contributed by atoms with Crippen LogP contribution >= 0.6 is 27.5 Å². The molecule has 0 radical (unpaired) electrons. The van der Waals surface area contributed by atoms with Crippen molar-refractivity contribution < 1.29 is 0 Å². The molecule has 0 fully saturated rings. The van der Waals surface area contributed by atoms with Gasteiger partial charge in [-0.25, -0.2) is 4.79 Å². The van der Waals surface area contributed by atoms with Crippen LogP contribution < -0.4 is 5.69 Å². The summed E-state index contributed by atoms with van der Waals surface area (Å²) < 4.78 is 0.942. The van der Waals surface area contributed by atoms with E-state index >= 15 is 0 Å². The summed E-state index contributed by atoms with van der Waals surface area (Å²) in [6, 6.07) is 3.85. The number of nitrogens with one attached hydrogen (secondary N) is 2. The van der Waals surface area contributed by atoms with Crippen LogP contribution in [0.2, 0.25) is 0 Å². The van der Waals surface area contributed by atoms with E-state index in [1.807, 2.05) is 12.1 Å². The molecule has 0 spiro atoms. The van der Waals surface area contributed by atoms with Crippen LogP contribution in [0.1, 0.15) is 37.6 Å². The van der Waals surface area contributed by atoms with Crippen molar-refractivity contribution in [2.75, 3.05) is 0 Å². The number of rotatable bonds is 4. The van der Waals surface area contributed by atoms with Crippen LogP contribution in [0.5, 0.6) is 0 Å². The fraction of sp³-hybridized carbons (Fsp3) is 0.462. The molecule has 0 amide bonds. The van der Waals surface area contributed by atoms with E-state index in [0.29, 0.717) is 5.92 Å². The molecule has 0 aliphatic heterocycles. The van der Waals surface area contributed by atoms with Crippen molar-refractivity contribution in [3.63, 3.8) is 0 Å². The smallest absolute Gasteiger partial charge is 0.306 e. The lowest BCUT2D eigenvalue weighted by atomic mass is 9.94. The highest BCUT2D eigenvalue weighted by Gasteiger charge is 2.21. The van der Waals surface area contributed by atoms with E-state index in [4.69, 9.17) is 11.6 Å². The normalized spacial score (nSPS) is 13.4. The van der Waals surface area contributed by atoms with Gasteiger partial charge in [0.2, 0.25) is 0 Å². The van der Waals surface area contributed by atoms with Gasteiger partial charge in [0.1, 0.15) is 0 Å². The van der Waals surface area contributed by atoms with E-state index < -0.39 is 0 Å². The van der Waals surface area contributed by atoms with Gasteiger partial charge in [-0.1, -0.05) is 42.6 Å². The van der Waals surface area contributed by atoms with Gasteiger partial charge in [-0.05, 0) is 23.6 Å². The van der Waals surface area contributed by atoms with Gasteiger partial charge in [0, 0.05) is 4.47 Å². The third kappa shape index (κ3) is 2.50. The fourth-order valence-electron chi connectivity index (χ4n) is 2.24. The molecule has 0 saturated carbocycles.